The number of fused-ring (bicyclic) bond motifs is 1. The molecule has 1 fully saturated rings. The molecule has 132 valence electrons. The Morgan fingerprint density at radius 1 is 0.958 bits per heavy atom. The number of hydrogen-bond acceptors (Lipinski definition) is 2. The Kier molecular flexibility index (Phi) is 7.15. The van der Waals surface area contributed by atoms with Gasteiger partial charge in [-0.2, -0.15) is 0 Å². The van der Waals surface area contributed by atoms with Gasteiger partial charge < -0.3 is 9.72 Å². The maximum absolute atomic E-state index is 5.43. The lowest BCUT2D eigenvalue weighted by Crippen LogP contribution is -1.98. The number of aromatic nitrogens is 2. The van der Waals surface area contributed by atoms with Crippen molar-refractivity contribution in [2.24, 2.45) is 5.92 Å². The summed E-state index contributed by atoms with van der Waals surface area (Å²) in [6, 6.07) is 8.29. The predicted octanol–water partition coefficient (Wildman–Crippen LogP) is 5.65. The van der Waals surface area contributed by atoms with Crippen LogP contribution >= 0.6 is 0 Å². The Morgan fingerprint density at radius 3 is 2.46 bits per heavy atom. The van der Waals surface area contributed by atoms with Crippen LogP contribution in [0.5, 0.6) is 0 Å². The summed E-state index contributed by atoms with van der Waals surface area (Å²) in [5.41, 5.74) is 2.26. The normalized spacial score (nSPS) is 17.8. The second-order valence-electron chi connectivity index (χ2n) is 7.30. The highest BCUT2D eigenvalue weighted by Gasteiger charge is 2.14. The number of H-pyrrole nitrogens is 1. The van der Waals surface area contributed by atoms with Gasteiger partial charge in [-0.3, -0.25) is 0 Å². The fraction of sp³-hybridized carbons (Fsp3) is 0.667. The van der Waals surface area contributed by atoms with Gasteiger partial charge in [0.1, 0.15) is 5.82 Å². The summed E-state index contributed by atoms with van der Waals surface area (Å²) in [6.45, 7) is 2.02. The highest BCUT2D eigenvalue weighted by molar-refractivity contribution is 5.74. The van der Waals surface area contributed by atoms with Gasteiger partial charge in [-0.1, -0.05) is 57.1 Å². The molecule has 1 aromatic heterocycles. The fourth-order valence-corrected chi connectivity index (χ4v) is 3.72. The maximum atomic E-state index is 5.43. The zero-order valence-electron chi connectivity index (χ0n) is 14.9. The standard InChI is InChI=1S/C21H32N2O/c1(3-5-7-11-18-15-16-24-17-18)2-4-6-8-14-21-22-19-12-9-10-13-20(19)23-21/h9-10,12-13,18H,1-8,11,14-17H2,(H,22,23)/t18-/m1/s1. The minimum Gasteiger partial charge on any atom is -0.381 e. The maximum Gasteiger partial charge on any atom is 0.107 e. The van der Waals surface area contributed by atoms with Crippen LogP contribution in [-0.4, -0.2) is 23.2 Å². The number of nitrogens with one attached hydrogen (secondary N) is 1. The molecule has 0 spiro atoms. The van der Waals surface area contributed by atoms with E-state index < -0.39 is 0 Å². The molecule has 0 radical (unpaired) electrons. The zero-order chi connectivity index (χ0) is 16.5. The quantitative estimate of drug-likeness (QED) is 0.541. The first kappa shape index (κ1) is 17.5. The van der Waals surface area contributed by atoms with Crippen LogP contribution in [0.15, 0.2) is 24.3 Å². The van der Waals surface area contributed by atoms with Gasteiger partial charge in [0.25, 0.3) is 0 Å². The average molecular weight is 329 g/mol. The van der Waals surface area contributed by atoms with Crippen molar-refractivity contribution in [3.8, 4) is 0 Å². The van der Waals surface area contributed by atoms with Crippen LogP contribution in [0.3, 0.4) is 0 Å². The first-order valence-electron chi connectivity index (χ1n) is 9.93. The summed E-state index contributed by atoms with van der Waals surface area (Å²) < 4.78 is 5.43. The van der Waals surface area contributed by atoms with Crippen LogP contribution in [0, 0.1) is 5.92 Å². The molecule has 1 atom stereocenters. The van der Waals surface area contributed by atoms with E-state index in [-0.39, 0.29) is 0 Å². The van der Waals surface area contributed by atoms with Gasteiger partial charge in [0.2, 0.25) is 0 Å². The van der Waals surface area contributed by atoms with Crippen molar-refractivity contribution in [2.45, 2.75) is 70.6 Å². The van der Waals surface area contributed by atoms with Gasteiger partial charge in [-0.25, -0.2) is 4.98 Å². The van der Waals surface area contributed by atoms with Crippen molar-refractivity contribution in [3.63, 3.8) is 0 Å². The molecule has 3 nitrogen and oxygen atoms in total. The van der Waals surface area contributed by atoms with E-state index in [0.29, 0.717) is 0 Å². The number of unbranched alkanes of at least 4 members (excludes halogenated alkanes) is 7. The van der Waals surface area contributed by atoms with Crippen molar-refractivity contribution in [3.05, 3.63) is 30.1 Å². The van der Waals surface area contributed by atoms with Crippen molar-refractivity contribution in [1.29, 1.82) is 0 Å². The Hall–Kier alpha value is -1.35. The molecule has 24 heavy (non-hydrogen) atoms. The van der Waals surface area contributed by atoms with Gasteiger partial charge >= 0.3 is 0 Å². The highest BCUT2D eigenvalue weighted by atomic mass is 16.5. The first-order chi connectivity index (χ1) is 11.9. The molecule has 0 aliphatic carbocycles. The average Bonchev–Trinajstić information content (AvgIpc) is 3.25. The Labute approximate surface area is 146 Å². The summed E-state index contributed by atoms with van der Waals surface area (Å²) in [7, 11) is 0. The lowest BCUT2D eigenvalue weighted by molar-refractivity contribution is 0.183. The smallest absolute Gasteiger partial charge is 0.107 e. The van der Waals surface area contributed by atoms with E-state index in [9.17, 15) is 0 Å². The Morgan fingerprint density at radius 2 is 1.71 bits per heavy atom. The molecule has 3 heteroatoms. The number of nitrogens with zero attached hydrogens (tertiary/aromatic N) is 1. The van der Waals surface area contributed by atoms with E-state index in [2.05, 4.69) is 34.2 Å². The summed E-state index contributed by atoms with van der Waals surface area (Å²) in [6.07, 6.45) is 14.8. The lowest BCUT2D eigenvalue weighted by atomic mass is 9.99. The largest absolute Gasteiger partial charge is 0.381 e. The first-order valence-corrected chi connectivity index (χ1v) is 9.93. The minimum atomic E-state index is 0.864. The number of hydrogen-bond donors (Lipinski definition) is 1. The number of aryl methyl sites for hydroxylation is 1. The van der Waals surface area contributed by atoms with E-state index >= 15 is 0 Å². The van der Waals surface area contributed by atoms with E-state index in [0.717, 1.165) is 42.4 Å². The van der Waals surface area contributed by atoms with Gasteiger partial charge in [0, 0.05) is 19.6 Å². The van der Waals surface area contributed by atoms with Crippen LogP contribution in [0.1, 0.15) is 70.0 Å². The summed E-state index contributed by atoms with van der Waals surface area (Å²) >= 11 is 0. The summed E-state index contributed by atoms with van der Waals surface area (Å²) in [4.78, 5) is 8.07. The number of aromatic amines is 1. The number of rotatable bonds is 11. The molecule has 0 unspecified atom stereocenters. The molecule has 1 aliphatic rings. The third kappa shape index (κ3) is 5.62. The fourth-order valence-electron chi connectivity index (χ4n) is 3.72. The van der Waals surface area contributed by atoms with Crippen molar-refractivity contribution < 1.29 is 4.74 Å². The second-order valence-corrected chi connectivity index (χ2v) is 7.30. The third-order valence-electron chi connectivity index (χ3n) is 5.24. The van der Waals surface area contributed by atoms with E-state index in [4.69, 9.17) is 4.74 Å². The van der Waals surface area contributed by atoms with Crippen LogP contribution in [0.25, 0.3) is 11.0 Å². The SMILES string of the molecule is c1ccc2[nH]c(CCCCCCCCCC[C@@H]3CCOC3)nc2c1. The van der Waals surface area contributed by atoms with E-state index in [1.54, 1.807) is 0 Å². The topological polar surface area (TPSA) is 37.9 Å². The number of ether oxygens (including phenoxy) is 1. The molecule has 1 saturated heterocycles. The van der Waals surface area contributed by atoms with Gasteiger partial charge in [-0.05, 0) is 37.3 Å². The van der Waals surface area contributed by atoms with E-state index in [1.165, 1.54) is 64.2 Å². The molecule has 0 amide bonds. The van der Waals surface area contributed by atoms with Crippen LogP contribution in [0.2, 0.25) is 0 Å². The third-order valence-corrected chi connectivity index (χ3v) is 5.24. The zero-order valence-corrected chi connectivity index (χ0v) is 14.9. The van der Waals surface area contributed by atoms with Crippen molar-refractivity contribution in [2.75, 3.05) is 13.2 Å². The summed E-state index contributed by atoms with van der Waals surface area (Å²) in [5, 5.41) is 0. The number of para-hydroxylation sites is 2. The molecule has 2 aromatic rings. The molecule has 0 saturated carbocycles. The van der Waals surface area contributed by atoms with Gasteiger partial charge in [-0.15, -0.1) is 0 Å². The molecular weight excluding hydrogens is 296 g/mol. The molecule has 2 heterocycles. The number of benzene rings is 1. The van der Waals surface area contributed by atoms with Crippen LogP contribution in [0.4, 0.5) is 0 Å². The van der Waals surface area contributed by atoms with Gasteiger partial charge in [0.15, 0.2) is 0 Å². The second kappa shape index (κ2) is 9.83. The minimum absolute atomic E-state index is 0.864. The molecule has 1 N–H and O–H groups in total. The highest BCUT2D eigenvalue weighted by Crippen LogP contribution is 2.20. The Balaban J connectivity index is 1.16. The van der Waals surface area contributed by atoms with Crippen LogP contribution in [-0.2, 0) is 11.2 Å². The van der Waals surface area contributed by atoms with Gasteiger partial charge in [0.05, 0.1) is 11.0 Å². The molecule has 1 aliphatic heterocycles. The lowest BCUT2D eigenvalue weighted by Gasteiger charge is -2.06. The molecule has 3 rings (SSSR count). The van der Waals surface area contributed by atoms with Crippen molar-refractivity contribution in [1.82, 2.24) is 9.97 Å². The molecule has 0 bridgehead atoms. The number of imidazole rings is 1. The predicted molar refractivity (Wildman–Crippen MR) is 100 cm³/mol. The molecule has 1 aromatic carbocycles. The molecular formula is C21H32N2O. The monoisotopic (exact) mass is 328 g/mol. The van der Waals surface area contributed by atoms with Crippen LogP contribution < -0.4 is 0 Å². The van der Waals surface area contributed by atoms with E-state index in [1.807, 2.05) is 0 Å². The summed E-state index contributed by atoms with van der Waals surface area (Å²) in [5.74, 6) is 2.01. The Bertz CT molecular complexity index is 553. The van der Waals surface area contributed by atoms with Crippen molar-refractivity contribution >= 4 is 11.0 Å².